The normalized spacial score (nSPS) is 14.8. The molecule has 0 aromatic carbocycles. The van der Waals surface area contributed by atoms with E-state index in [1.807, 2.05) is 0 Å². The molecule has 0 saturated carbocycles. The number of hydrogen-bond donors (Lipinski definition) is 0. The zero-order valence-corrected chi connectivity index (χ0v) is 10.0. The fourth-order valence-electron chi connectivity index (χ4n) is 1.01. The number of rotatable bonds is 6. The van der Waals surface area contributed by atoms with Crippen molar-refractivity contribution in [3.05, 3.63) is 0 Å². The highest BCUT2D eigenvalue weighted by molar-refractivity contribution is 6.76. The van der Waals surface area contributed by atoms with Crippen LogP contribution in [0.4, 0.5) is 0 Å². The topological polar surface area (TPSA) is 18.5 Å². The summed E-state index contributed by atoms with van der Waals surface area (Å²) in [6, 6.07) is 0. The van der Waals surface area contributed by atoms with Crippen molar-refractivity contribution in [3.63, 3.8) is 0 Å². The molecule has 0 rings (SSSR count). The van der Waals surface area contributed by atoms with E-state index in [4.69, 9.17) is 9.47 Å². The van der Waals surface area contributed by atoms with Crippen LogP contribution >= 0.6 is 0 Å². The largest absolute Gasteiger partial charge is 0.360 e. The van der Waals surface area contributed by atoms with Gasteiger partial charge in [-0.25, -0.2) is 0 Å². The predicted octanol–water partition coefficient (Wildman–Crippen LogP) is 2.65. The molecule has 2 nitrogen and oxygen atoms in total. The minimum Gasteiger partial charge on any atom is -0.360 e. The molecular weight excluding hydrogens is 168 g/mol. The van der Waals surface area contributed by atoms with Gasteiger partial charge in [0.05, 0.1) is 0 Å². The van der Waals surface area contributed by atoms with Gasteiger partial charge in [-0.1, -0.05) is 33.0 Å². The van der Waals surface area contributed by atoms with Crippen molar-refractivity contribution in [2.75, 3.05) is 13.7 Å². The SMILES string of the molecule is CCCCOC(OC)[Si](C)(C)C. The van der Waals surface area contributed by atoms with Crippen molar-refractivity contribution in [3.8, 4) is 0 Å². The van der Waals surface area contributed by atoms with Crippen LogP contribution in [0.3, 0.4) is 0 Å². The fourth-order valence-corrected chi connectivity index (χ4v) is 2.33. The average molecular weight is 190 g/mol. The van der Waals surface area contributed by atoms with Crippen LogP contribution in [0.5, 0.6) is 0 Å². The quantitative estimate of drug-likeness (QED) is 0.364. The van der Waals surface area contributed by atoms with Gasteiger partial charge in [0.25, 0.3) is 0 Å². The molecule has 74 valence electrons. The van der Waals surface area contributed by atoms with Crippen molar-refractivity contribution in [2.24, 2.45) is 0 Å². The summed E-state index contributed by atoms with van der Waals surface area (Å²) < 4.78 is 10.9. The second-order valence-electron chi connectivity index (χ2n) is 4.16. The molecular formula is C9H22O2Si. The van der Waals surface area contributed by atoms with E-state index in [9.17, 15) is 0 Å². The Labute approximate surface area is 77.3 Å². The van der Waals surface area contributed by atoms with E-state index < -0.39 is 8.07 Å². The highest BCUT2D eigenvalue weighted by Gasteiger charge is 2.27. The Kier molecular flexibility index (Phi) is 5.79. The minimum absolute atomic E-state index is 0.0593. The third-order valence-corrected chi connectivity index (χ3v) is 3.50. The molecule has 0 aliphatic rings. The summed E-state index contributed by atoms with van der Waals surface area (Å²) in [5.74, 6) is 0.0593. The van der Waals surface area contributed by atoms with Crippen molar-refractivity contribution in [1.29, 1.82) is 0 Å². The molecule has 0 amide bonds. The third kappa shape index (κ3) is 4.90. The summed E-state index contributed by atoms with van der Waals surface area (Å²) in [6.07, 6.45) is 2.31. The zero-order chi connectivity index (χ0) is 9.61. The number of ether oxygens (including phenoxy) is 2. The van der Waals surface area contributed by atoms with Crippen LogP contribution in [0.25, 0.3) is 0 Å². The van der Waals surface area contributed by atoms with Crippen LogP contribution in [0.15, 0.2) is 0 Å². The first-order chi connectivity index (χ1) is 5.52. The lowest BCUT2D eigenvalue weighted by Crippen LogP contribution is -2.41. The van der Waals surface area contributed by atoms with E-state index in [0.29, 0.717) is 0 Å². The Morgan fingerprint density at radius 2 is 1.83 bits per heavy atom. The number of hydrogen-bond acceptors (Lipinski definition) is 2. The first kappa shape index (κ1) is 12.1. The predicted molar refractivity (Wildman–Crippen MR) is 55.0 cm³/mol. The summed E-state index contributed by atoms with van der Waals surface area (Å²) in [7, 11) is 0.450. The van der Waals surface area contributed by atoms with Gasteiger partial charge < -0.3 is 9.47 Å². The molecule has 1 unspecified atom stereocenters. The van der Waals surface area contributed by atoms with Crippen LogP contribution in [0.1, 0.15) is 19.8 Å². The van der Waals surface area contributed by atoms with Crippen molar-refractivity contribution in [1.82, 2.24) is 0 Å². The lowest BCUT2D eigenvalue weighted by molar-refractivity contribution is -0.0750. The molecule has 0 aliphatic carbocycles. The zero-order valence-electron chi connectivity index (χ0n) is 9.02. The highest BCUT2D eigenvalue weighted by Crippen LogP contribution is 2.12. The molecule has 0 radical (unpaired) electrons. The van der Waals surface area contributed by atoms with Gasteiger partial charge in [0.1, 0.15) is 14.0 Å². The Balaban J connectivity index is 3.68. The molecule has 0 spiro atoms. The van der Waals surface area contributed by atoms with E-state index >= 15 is 0 Å². The summed E-state index contributed by atoms with van der Waals surface area (Å²) in [6.45, 7) is 9.77. The monoisotopic (exact) mass is 190 g/mol. The fraction of sp³-hybridized carbons (Fsp3) is 1.00. The molecule has 3 heteroatoms. The maximum absolute atomic E-state index is 5.64. The van der Waals surface area contributed by atoms with Crippen molar-refractivity contribution < 1.29 is 9.47 Å². The minimum atomic E-state index is -1.28. The highest BCUT2D eigenvalue weighted by atomic mass is 28.3. The van der Waals surface area contributed by atoms with E-state index in [2.05, 4.69) is 26.6 Å². The van der Waals surface area contributed by atoms with Crippen LogP contribution < -0.4 is 0 Å². The van der Waals surface area contributed by atoms with E-state index in [0.717, 1.165) is 13.0 Å². The van der Waals surface area contributed by atoms with E-state index in [1.54, 1.807) is 7.11 Å². The van der Waals surface area contributed by atoms with Crippen LogP contribution in [0, 0.1) is 0 Å². The molecule has 0 heterocycles. The molecule has 0 aliphatic heterocycles. The van der Waals surface area contributed by atoms with Crippen LogP contribution in [-0.4, -0.2) is 27.7 Å². The smallest absolute Gasteiger partial charge is 0.140 e. The molecule has 0 saturated heterocycles. The van der Waals surface area contributed by atoms with Gasteiger partial charge in [-0.2, -0.15) is 0 Å². The first-order valence-corrected chi connectivity index (χ1v) is 8.24. The maximum atomic E-state index is 5.64. The van der Waals surface area contributed by atoms with Crippen molar-refractivity contribution >= 4 is 8.07 Å². The van der Waals surface area contributed by atoms with Gasteiger partial charge in [0.2, 0.25) is 0 Å². The summed E-state index contributed by atoms with van der Waals surface area (Å²) in [5.41, 5.74) is 0. The number of unbranched alkanes of at least 4 members (excludes halogenated alkanes) is 1. The molecule has 12 heavy (non-hydrogen) atoms. The average Bonchev–Trinajstić information content (AvgIpc) is 1.95. The summed E-state index contributed by atoms with van der Waals surface area (Å²) in [4.78, 5) is 0. The summed E-state index contributed by atoms with van der Waals surface area (Å²) >= 11 is 0. The second-order valence-corrected chi connectivity index (χ2v) is 9.36. The summed E-state index contributed by atoms with van der Waals surface area (Å²) in [5, 5.41) is 0. The van der Waals surface area contributed by atoms with E-state index in [1.165, 1.54) is 6.42 Å². The maximum Gasteiger partial charge on any atom is 0.140 e. The van der Waals surface area contributed by atoms with Gasteiger partial charge >= 0.3 is 0 Å². The molecule has 0 bridgehead atoms. The number of methoxy groups -OCH3 is 1. The molecule has 0 N–H and O–H groups in total. The van der Waals surface area contributed by atoms with Crippen molar-refractivity contribution in [2.45, 2.75) is 45.3 Å². The molecule has 1 atom stereocenters. The molecule has 0 fully saturated rings. The van der Waals surface area contributed by atoms with Gasteiger partial charge in [0.15, 0.2) is 0 Å². The van der Waals surface area contributed by atoms with Gasteiger partial charge in [-0.3, -0.25) is 0 Å². The van der Waals surface area contributed by atoms with Crippen LogP contribution in [-0.2, 0) is 9.47 Å². The third-order valence-electron chi connectivity index (χ3n) is 1.69. The molecule has 0 aromatic rings. The van der Waals surface area contributed by atoms with Gasteiger partial charge in [0, 0.05) is 13.7 Å². The lowest BCUT2D eigenvalue weighted by Gasteiger charge is -2.27. The lowest BCUT2D eigenvalue weighted by atomic mass is 10.4. The van der Waals surface area contributed by atoms with Gasteiger partial charge in [-0.05, 0) is 6.42 Å². The Morgan fingerprint density at radius 3 is 2.17 bits per heavy atom. The van der Waals surface area contributed by atoms with E-state index in [-0.39, 0.29) is 5.91 Å². The Bertz CT molecular complexity index is 110. The molecule has 0 aromatic heterocycles. The standard InChI is InChI=1S/C9H22O2Si/c1-6-7-8-11-9(10-2)12(3,4)5/h9H,6-8H2,1-5H3. The second kappa shape index (κ2) is 5.73. The van der Waals surface area contributed by atoms with Crippen LogP contribution in [0.2, 0.25) is 19.6 Å². The van der Waals surface area contributed by atoms with Gasteiger partial charge in [-0.15, -0.1) is 0 Å². The first-order valence-electron chi connectivity index (χ1n) is 4.66. The Morgan fingerprint density at radius 1 is 1.25 bits per heavy atom. The Hall–Kier alpha value is 0.137.